The van der Waals surface area contributed by atoms with Crippen LogP contribution < -0.4 is 5.32 Å². The molecule has 0 aromatic heterocycles. The van der Waals surface area contributed by atoms with Gasteiger partial charge in [-0.25, -0.2) is 0 Å². The van der Waals surface area contributed by atoms with E-state index in [9.17, 15) is 0 Å². The predicted molar refractivity (Wildman–Crippen MR) is 84.4 cm³/mol. The largest absolute Gasteiger partial charge is 0.319 e. The number of rotatable bonds is 10. The molecule has 1 nitrogen and oxygen atoms in total. The van der Waals surface area contributed by atoms with Crippen LogP contribution in [0.4, 0.5) is 0 Å². The lowest BCUT2D eigenvalue weighted by Crippen LogP contribution is -2.37. The molecule has 0 aromatic rings. The predicted octanol–water partition coefficient (Wildman–Crippen LogP) is 5.15. The van der Waals surface area contributed by atoms with E-state index in [2.05, 4.69) is 19.3 Å². The summed E-state index contributed by atoms with van der Waals surface area (Å²) in [5.41, 5.74) is 0.696. The Morgan fingerprint density at radius 1 is 1.00 bits per heavy atom. The topological polar surface area (TPSA) is 12.0 Å². The molecule has 0 aliphatic heterocycles. The van der Waals surface area contributed by atoms with Gasteiger partial charge in [-0.2, -0.15) is 0 Å². The van der Waals surface area contributed by atoms with Gasteiger partial charge in [0.1, 0.15) is 0 Å². The molecule has 0 heterocycles. The zero-order valence-electron chi connectivity index (χ0n) is 13.3. The smallest absolute Gasteiger partial charge is 0.000756 e. The van der Waals surface area contributed by atoms with Crippen molar-refractivity contribution in [2.45, 2.75) is 84.0 Å². The summed E-state index contributed by atoms with van der Waals surface area (Å²) in [5.74, 6) is 2.15. The van der Waals surface area contributed by atoms with Crippen molar-refractivity contribution in [2.24, 2.45) is 17.3 Å². The molecule has 0 spiro atoms. The minimum Gasteiger partial charge on any atom is -0.319 e. The van der Waals surface area contributed by atoms with E-state index in [0.717, 1.165) is 11.8 Å². The molecule has 1 N–H and O–H groups in total. The summed E-state index contributed by atoms with van der Waals surface area (Å²) in [7, 11) is 2.15. The highest BCUT2D eigenvalue weighted by atomic mass is 14.8. The summed E-state index contributed by atoms with van der Waals surface area (Å²) in [4.78, 5) is 0. The first-order chi connectivity index (χ1) is 9.30. The molecule has 19 heavy (non-hydrogen) atoms. The summed E-state index contributed by atoms with van der Waals surface area (Å²) in [5, 5.41) is 3.50. The number of hydrogen-bond donors (Lipinski definition) is 1. The molecule has 1 heteroatoms. The van der Waals surface area contributed by atoms with Crippen molar-refractivity contribution in [2.75, 3.05) is 13.6 Å². The van der Waals surface area contributed by atoms with Gasteiger partial charge in [0.2, 0.25) is 0 Å². The molecule has 0 radical (unpaired) electrons. The lowest BCUT2D eigenvalue weighted by Gasteiger charge is -2.38. The maximum absolute atomic E-state index is 3.50. The van der Waals surface area contributed by atoms with Crippen LogP contribution in [-0.2, 0) is 0 Å². The molecule has 2 fully saturated rings. The van der Waals surface area contributed by atoms with Gasteiger partial charge in [0.25, 0.3) is 0 Å². The minimum atomic E-state index is 0.696. The Bertz CT molecular complexity index is 250. The van der Waals surface area contributed by atoms with Crippen molar-refractivity contribution in [1.29, 1.82) is 0 Å². The van der Waals surface area contributed by atoms with Gasteiger partial charge in [-0.15, -0.1) is 0 Å². The fourth-order valence-electron chi connectivity index (χ4n) is 4.96. The molecule has 0 saturated heterocycles. The van der Waals surface area contributed by atoms with E-state index >= 15 is 0 Å². The van der Waals surface area contributed by atoms with Crippen LogP contribution in [0.2, 0.25) is 0 Å². The zero-order valence-corrected chi connectivity index (χ0v) is 13.3. The molecule has 2 saturated carbocycles. The fraction of sp³-hybridized carbons (Fsp3) is 1.00. The van der Waals surface area contributed by atoms with Gasteiger partial charge in [-0.3, -0.25) is 0 Å². The van der Waals surface area contributed by atoms with Crippen molar-refractivity contribution >= 4 is 0 Å². The molecular weight excluding hydrogens is 230 g/mol. The number of fused-ring (bicyclic) bond motifs is 2. The van der Waals surface area contributed by atoms with Crippen molar-refractivity contribution in [3.63, 3.8) is 0 Å². The van der Waals surface area contributed by atoms with E-state index < -0.39 is 0 Å². The third-order valence-electron chi connectivity index (χ3n) is 5.91. The maximum atomic E-state index is 3.50. The molecule has 3 unspecified atom stereocenters. The molecule has 2 aliphatic rings. The Hall–Kier alpha value is -0.0400. The van der Waals surface area contributed by atoms with E-state index in [4.69, 9.17) is 0 Å². The second kappa shape index (κ2) is 7.67. The Balaban J connectivity index is 1.64. The number of hydrogen-bond acceptors (Lipinski definition) is 1. The van der Waals surface area contributed by atoms with E-state index in [0.29, 0.717) is 5.41 Å². The van der Waals surface area contributed by atoms with Crippen LogP contribution in [0.1, 0.15) is 84.0 Å². The van der Waals surface area contributed by atoms with Gasteiger partial charge in [0.15, 0.2) is 0 Å². The van der Waals surface area contributed by atoms with Crippen molar-refractivity contribution in [3.05, 3.63) is 0 Å². The van der Waals surface area contributed by atoms with Crippen LogP contribution in [0.15, 0.2) is 0 Å². The fourth-order valence-corrected chi connectivity index (χ4v) is 4.96. The van der Waals surface area contributed by atoms with Crippen LogP contribution in [-0.4, -0.2) is 13.6 Å². The van der Waals surface area contributed by atoms with Gasteiger partial charge in [0, 0.05) is 6.54 Å². The first-order valence-corrected chi connectivity index (χ1v) is 8.95. The Kier molecular flexibility index (Phi) is 6.19. The van der Waals surface area contributed by atoms with Crippen LogP contribution in [0.25, 0.3) is 0 Å². The Labute approximate surface area is 120 Å². The van der Waals surface area contributed by atoms with E-state index in [1.165, 1.54) is 77.2 Å². The van der Waals surface area contributed by atoms with Gasteiger partial charge < -0.3 is 5.32 Å². The van der Waals surface area contributed by atoms with Gasteiger partial charge >= 0.3 is 0 Å². The highest BCUT2D eigenvalue weighted by molar-refractivity contribution is 5.01. The van der Waals surface area contributed by atoms with Crippen LogP contribution in [0, 0.1) is 17.3 Å². The molecule has 0 amide bonds. The minimum absolute atomic E-state index is 0.696. The van der Waals surface area contributed by atoms with Crippen LogP contribution >= 0.6 is 0 Å². The standard InChI is InChI=1S/C18H35N/c1-3-4-5-6-7-8-9-12-18(15-19-2)14-16-10-11-17(18)13-16/h16-17,19H,3-15H2,1-2H3. The summed E-state index contributed by atoms with van der Waals surface area (Å²) < 4.78 is 0. The van der Waals surface area contributed by atoms with Crippen LogP contribution in [0.3, 0.4) is 0 Å². The average Bonchev–Trinajstić information content (AvgIpc) is 2.99. The lowest BCUT2D eigenvalue weighted by molar-refractivity contribution is 0.141. The van der Waals surface area contributed by atoms with Gasteiger partial charge in [-0.1, -0.05) is 58.3 Å². The first-order valence-electron chi connectivity index (χ1n) is 8.95. The highest BCUT2D eigenvalue weighted by Crippen LogP contribution is 2.57. The first kappa shape index (κ1) is 15.4. The van der Waals surface area contributed by atoms with Crippen molar-refractivity contribution < 1.29 is 0 Å². The molecule has 112 valence electrons. The second-order valence-electron chi connectivity index (χ2n) is 7.34. The van der Waals surface area contributed by atoms with E-state index in [-0.39, 0.29) is 0 Å². The third-order valence-corrected chi connectivity index (χ3v) is 5.91. The molecular formula is C18H35N. The van der Waals surface area contributed by atoms with E-state index in [1.54, 1.807) is 6.42 Å². The third kappa shape index (κ3) is 3.97. The second-order valence-corrected chi connectivity index (χ2v) is 7.34. The van der Waals surface area contributed by atoms with Crippen LogP contribution in [0.5, 0.6) is 0 Å². The van der Waals surface area contributed by atoms with Crippen molar-refractivity contribution in [1.82, 2.24) is 5.32 Å². The van der Waals surface area contributed by atoms with Gasteiger partial charge in [0.05, 0.1) is 0 Å². The number of nitrogens with one attached hydrogen (secondary N) is 1. The molecule has 2 aliphatic carbocycles. The molecule has 2 rings (SSSR count). The van der Waals surface area contributed by atoms with Gasteiger partial charge in [-0.05, 0) is 50.0 Å². The average molecular weight is 265 g/mol. The molecule has 0 aromatic carbocycles. The van der Waals surface area contributed by atoms with E-state index in [1.807, 2.05) is 0 Å². The van der Waals surface area contributed by atoms with Crippen molar-refractivity contribution in [3.8, 4) is 0 Å². The summed E-state index contributed by atoms with van der Waals surface area (Å²) in [6.07, 6.45) is 17.8. The monoisotopic (exact) mass is 265 g/mol. The summed E-state index contributed by atoms with van der Waals surface area (Å²) >= 11 is 0. The Morgan fingerprint density at radius 2 is 1.74 bits per heavy atom. The molecule has 3 atom stereocenters. The highest BCUT2D eigenvalue weighted by Gasteiger charge is 2.49. The lowest BCUT2D eigenvalue weighted by atomic mass is 9.70. The number of unbranched alkanes of at least 4 members (excludes halogenated alkanes) is 6. The quantitative estimate of drug-likeness (QED) is 0.538. The molecule has 2 bridgehead atoms. The summed E-state index contributed by atoms with van der Waals surface area (Å²) in [6.45, 7) is 3.58. The SMILES string of the molecule is CCCCCCCCCC1(CNC)CC2CCC1C2. The summed E-state index contributed by atoms with van der Waals surface area (Å²) in [6, 6.07) is 0. The normalized spacial score (nSPS) is 33.2. The Morgan fingerprint density at radius 3 is 2.32 bits per heavy atom. The zero-order chi connectivity index (χ0) is 13.6. The maximum Gasteiger partial charge on any atom is 0.000756 e.